The van der Waals surface area contributed by atoms with Gasteiger partial charge >= 0.3 is 5.97 Å². The Morgan fingerprint density at radius 2 is 1.54 bits per heavy atom. The van der Waals surface area contributed by atoms with Crippen LogP contribution in [0.3, 0.4) is 0 Å². The van der Waals surface area contributed by atoms with Crippen molar-refractivity contribution in [3.05, 3.63) is 97.1 Å². The molecule has 0 unspecified atom stereocenters. The van der Waals surface area contributed by atoms with Gasteiger partial charge in [0.05, 0.1) is 37.7 Å². The Hall–Kier alpha value is -3.75. The van der Waals surface area contributed by atoms with Gasteiger partial charge in [0.15, 0.2) is 0 Å². The molecule has 8 nitrogen and oxygen atoms in total. The molecule has 0 aliphatic carbocycles. The van der Waals surface area contributed by atoms with Crippen LogP contribution in [0.1, 0.15) is 36.4 Å². The summed E-state index contributed by atoms with van der Waals surface area (Å²) in [5.41, 5.74) is 1.81. The molecule has 2 aromatic rings. The number of carbonyl (C=O) groups excluding carboxylic acids is 3. The minimum atomic E-state index is -0.644. The van der Waals surface area contributed by atoms with Gasteiger partial charge in [0.25, 0.3) is 0 Å². The maximum absolute atomic E-state index is 13.2. The lowest BCUT2D eigenvalue weighted by Gasteiger charge is -2.24. The van der Waals surface area contributed by atoms with Gasteiger partial charge in [-0.1, -0.05) is 72.8 Å². The molecule has 3 atom stereocenters. The molecule has 0 fully saturated rings. The number of carbonyl (C=O) groups is 3. The van der Waals surface area contributed by atoms with Gasteiger partial charge in [0, 0.05) is 13.0 Å². The van der Waals surface area contributed by atoms with Crippen molar-refractivity contribution in [2.75, 3.05) is 33.0 Å². The van der Waals surface area contributed by atoms with Gasteiger partial charge in [-0.3, -0.25) is 14.4 Å². The molecule has 0 heterocycles. The Morgan fingerprint density at radius 3 is 2.18 bits per heavy atom. The summed E-state index contributed by atoms with van der Waals surface area (Å²) in [7, 11) is 0. The van der Waals surface area contributed by atoms with Gasteiger partial charge in [-0.05, 0) is 30.4 Å². The van der Waals surface area contributed by atoms with E-state index in [4.69, 9.17) is 14.6 Å². The minimum absolute atomic E-state index is 0.0301. The number of aliphatic hydroxyl groups is 1. The third-order valence-corrected chi connectivity index (χ3v) is 6.08. The highest BCUT2D eigenvalue weighted by molar-refractivity contribution is 5.86. The maximum atomic E-state index is 13.2. The molecule has 0 radical (unpaired) electrons. The zero-order valence-electron chi connectivity index (χ0n) is 22.4. The zero-order chi connectivity index (χ0) is 28.3. The molecule has 0 aliphatic rings. The molecular formula is C31H40N2O6. The zero-order valence-corrected chi connectivity index (χ0v) is 22.4. The Labute approximate surface area is 231 Å². The molecule has 2 aromatic carbocycles. The summed E-state index contributed by atoms with van der Waals surface area (Å²) in [6, 6.07) is 18.4. The molecule has 3 N–H and O–H groups in total. The van der Waals surface area contributed by atoms with Crippen molar-refractivity contribution in [1.82, 2.24) is 10.6 Å². The van der Waals surface area contributed by atoms with E-state index in [2.05, 4.69) is 23.8 Å². The van der Waals surface area contributed by atoms with Crippen molar-refractivity contribution in [2.45, 2.75) is 31.7 Å². The summed E-state index contributed by atoms with van der Waals surface area (Å²) in [6.45, 7) is 8.10. The summed E-state index contributed by atoms with van der Waals surface area (Å²) >= 11 is 0. The Balaban J connectivity index is 2.04. The molecule has 39 heavy (non-hydrogen) atoms. The summed E-state index contributed by atoms with van der Waals surface area (Å²) in [5, 5.41) is 14.4. The van der Waals surface area contributed by atoms with E-state index < -0.39 is 17.9 Å². The third-order valence-electron chi connectivity index (χ3n) is 6.08. The van der Waals surface area contributed by atoms with Gasteiger partial charge in [0.2, 0.25) is 11.8 Å². The van der Waals surface area contributed by atoms with Crippen molar-refractivity contribution in [2.24, 2.45) is 11.8 Å². The van der Waals surface area contributed by atoms with Crippen LogP contribution >= 0.6 is 0 Å². The topological polar surface area (TPSA) is 114 Å². The van der Waals surface area contributed by atoms with Crippen LogP contribution in [0.25, 0.3) is 0 Å². The number of amides is 2. The first-order valence-corrected chi connectivity index (χ1v) is 13.2. The monoisotopic (exact) mass is 536 g/mol. The molecule has 0 aliphatic heterocycles. The standard InChI is InChI=1S/C31H40N2O6/c1-3-11-26(22-29(35)32-17-19-38-20-18-34)30(36)33-28(25-15-9-6-10-16-25)23-39-31(37)27(12-4-2)21-24-13-7-5-8-14-24/h3-10,13-16,26-28,34H,1-2,11-12,17-23H2,(H,32,35)(H,33,36)/t26-,27+,28-/m0/s1. The fourth-order valence-electron chi connectivity index (χ4n) is 4.05. The van der Waals surface area contributed by atoms with Gasteiger partial charge < -0.3 is 25.2 Å². The maximum Gasteiger partial charge on any atom is 0.309 e. The van der Waals surface area contributed by atoms with Crippen molar-refractivity contribution in [1.29, 1.82) is 0 Å². The van der Waals surface area contributed by atoms with E-state index in [-0.39, 0.29) is 57.2 Å². The number of allylic oxidation sites excluding steroid dienone is 2. The number of nitrogens with one attached hydrogen (secondary N) is 2. The van der Waals surface area contributed by atoms with Crippen LogP contribution in [0.5, 0.6) is 0 Å². The third kappa shape index (κ3) is 12.1. The Morgan fingerprint density at radius 1 is 0.897 bits per heavy atom. The average Bonchev–Trinajstić information content (AvgIpc) is 2.95. The lowest BCUT2D eigenvalue weighted by atomic mass is 9.96. The highest BCUT2D eigenvalue weighted by atomic mass is 16.5. The van der Waals surface area contributed by atoms with E-state index in [0.717, 1.165) is 11.1 Å². The smallest absolute Gasteiger partial charge is 0.309 e. The normalized spacial score (nSPS) is 12.9. The summed E-state index contributed by atoms with van der Waals surface area (Å²) in [6.07, 6.45) is 4.57. The number of esters is 1. The Kier molecular flexibility index (Phi) is 14.9. The van der Waals surface area contributed by atoms with E-state index in [1.54, 1.807) is 12.2 Å². The molecule has 0 aromatic heterocycles. The largest absolute Gasteiger partial charge is 0.463 e. The van der Waals surface area contributed by atoms with Crippen LogP contribution in [-0.2, 0) is 30.3 Å². The highest BCUT2D eigenvalue weighted by Gasteiger charge is 2.26. The molecule has 8 heteroatoms. The van der Waals surface area contributed by atoms with Crippen molar-refractivity contribution >= 4 is 17.8 Å². The Bertz CT molecular complexity index is 1030. The second-order valence-corrected chi connectivity index (χ2v) is 9.12. The van der Waals surface area contributed by atoms with Gasteiger partial charge in [0.1, 0.15) is 6.61 Å². The van der Waals surface area contributed by atoms with Crippen LogP contribution in [0.2, 0.25) is 0 Å². The highest BCUT2D eigenvalue weighted by Crippen LogP contribution is 2.20. The molecule has 0 bridgehead atoms. The SMILES string of the molecule is C=CC[C@@H](CC(=O)NCCOCCO)C(=O)N[C@@H](COC(=O)[C@H](CC=C)Cc1ccccc1)c1ccccc1. The lowest BCUT2D eigenvalue weighted by Crippen LogP contribution is -2.39. The fraction of sp³-hybridized carbons (Fsp3) is 0.387. The first kappa shape index (κ1) is 31.5. The second-order valence-electron chi connectivity index (χ2n) is 9.12. The van der Waals surface area contributed by atoms with E-state index in [0.29, 0.717) is 19.3 Å². The van der Waals surface area contributed by atoms with Crippen LogP contribution in [0, 0.1) is 11.8 Å². The van der Waals surface area contributed by atoms with Crippen molar-refractivity contribution in [3.8, 4) is 0 Å². The van der Waals surface area contributed by atoms with Crippen molar-refractivity contribution in [3.63, 3.8) is 0 Å². The van der Waals surface area contributed by atoms with Gasteiger partial charge in [-0.15, -0.1) is 13.2 Å². The first-order chi connectivity index (χ1) is 19.0. The van der Waals surface area contributed by atoms with E-state index in [9.17, 15) is 14.4 Å². The minimum Gasteiger partial charge on any atom is -0.463 e. The number of rotatable bonds is 19. The first-order valence-electron chi connectivity index (χ1n) is 13.2. The number of hydrogen-bond acceptors (Lipinski definition) is 6. The number of benzene rings is 2. The molecule has 210 valence electrons. The molecule has 0 saturated carbocycles. The van der Waals surface area contributed by atoms with E-state index in [1.807, 2.05) is 60.7 Å². The molecule has 0 saturated heterocycles. The summed E-state index contributed by atoms with van der Waals surface area (Å²) < 4.78 is 10.9. The van der Waals surface area contributed by atoms with Crippen LogP contribution in [-0.4, -0.2) is 55.9 Å². The number of ether oxygens (including phenoxy) is 2. The van der Waals surface area contributed by atoms with Crippen LogP contribution in [0.15, 0.2) is 86.0 Å². The molecule has 2 rings (SSSR count). The summed E-state index contributed by atoms with van der Waals surface area (Å²) in [5.74, 6) is -2.02. The van der Waals surface area contributed by atoms with Crippen LogP contribution < -0.4 is 10.6 Å². The fourth-order valence-corrected chi connectivity index (χ4v) is 4.05. The molecule has 2 amide bonds. The van der Waals surface area contributed by atoms with E-state index in [1.165, 1.54) is 0 Å². The van der Waals surface area contributed by atoms with E-state index >= 15 is 0 Å². The predicted octanol–water partition coefficient (Wildman–Crippen LogP) is 3.53. The number of hydrogen-bond donors (Lipinski definition) is 3. The second kappa shape index (κ2) is 18.5. The molecular weight excluding hydrogens is 496 g/mol. The molecule has 0 spiro atoms. The predicted molar refractivity (Wildman–Crippen MR) is 151 cm³/mol. The van der Waals surface area contributed by atoms with Gasteiger partial charge in [-0.2, -0.15) is 0 Å². The lowest BCUT2D eigenvalue weighted by molar-refractivity contribution is -0.150. The van der Waals surface area contributed by atoms with Gasteiger partial charge in [-0.25, -0.2) is 0 Å². The van der Waals surface area contributed by atoms with Crippen molar-refractivity contribution < 1.29 is 29.0 Å². The average molecular weight is 537 g/mol. The number of aliphatic hydroxyl groups excluding tert-OH is 1. The quantitative estimate of drug-likeness (QED) is 0.144. The summed E-state index contributed by atoms with van der Waals surface area (Å²) in [4.78, 5) is 38.7. The van der Waals surface area contributed by atoms with Crippen LogP contribution in [0.4, 0.5) is 0 Å².